The second-order valence-corrected chi connectivity index (χ2v) is 21.7. The molecule has 5 unspecified atom stereocenters. The van der Waals surface area contributed by atoms with Crippen molar-refractivity contribution in [1.82, 2.24) is 0 Å². The summed E-state index contributed by atoms with van der Waals surface area (Å²) in [5, 5.41) is 62.7. The largest absolute Gasteiger partial charge is 0.394 e. The van der Waals surface area contributed by atoms with E-state index in [9.17, 15) is 5.11 Å². The van der Waals surface area contributed by atoms with Crippen molar-refractivity contribution in [3.05, 3.63) is 0 Å². The van der Waals surface area contributed by atoms with Crippen molar-refractivity contribution >= 4 is 74.5 Å². The third kappa shape index (κ3) is 13.7. The molecule has 0 radical (unpaired) electrons. The van der Waals surface area contributed by atoms with Gasteiger partial charge in [-0.25, -0.2) is 0 Å². The summed E-state index contributed by atoms with van der Waals surface area (Å²) in [6, 6.07) is 0. The summed E-state index contributed by atoms with van der Waals surface area (Å²) >= 11 is 9.54. The van der Waals surface area contributed by atoms with Crippen LogP contribution < -0.4 is 13.3 Å². The van der Waals surface area contributed by atoms with Crippen LogP contribution in [0.2, 0.25) is 0 Å². The molecule has 8 atom stereocenters. The molecule has 0 aliphatic carbocycles. The van der Waals surface area contributed by atoms with Gasteiger partial charge >= 0.3 is 50.5 Å². The van der Waals surface area contributed by atoms with Crippen molar-refractivity contribution in [1.29, 1.82) is 0 Å². The van der Waals surface area contributed by atoms with Crippen LogP contribution in [-0.4, -0.2) is 105 Å². The standard InChI is InChI=1S/C7H14O5.C6H12O5.I3.I2/c1-11-6-2-4(9)7(12-6)5(10)3-8;7-2-4-6(10)3(8)1-5(9)11-4;1-3-2;1-2/h4-10H,2-3H2,1H3;3-10H,1-2H2;;/q;;-1;/t4?,5?,6?,7-;3-,4?,5?,6-;;/m11../s1. The molecule has 2 aliphatic heterocycles. The van der Waals surface area contributed by atoms with Gasteiger partial charge in [-0.15, -0.1) is 0 Å². The van der Waals surface area contributed by atoms with Crippen molar-refractivity contribution in [3.63, 3.8) is 0 Å². The molecule has 174 valence electrons. The maximum atomic E-state index is 9.32. The van der Waals surface area contributed by atoms with Gasteiger partial charge in [-0.3, -0.25) is 0 Å². The van der Waals surface area contributed by atoms with Crippen molar-refractivity contribution in [2.75, 3.05) is 20.3 Å². The third-order valence-corrected chi connectivity index (χ3v) is 3.68. The number of methoxy groups -OCH3 is 1. The van der Waals surface area contributed by atoms with Gasteiger partial charge < -0.3 is 50.0 Å². The van der Waals surface area contributed by atoms with E-state index >= 15 is 0 Å². The first-order chi connectivity index (χ1) is 13.2. The monoisotopic (exact) mass is 977 g/mol. The number of aliphatic hydroxyl groups excluding tert-OH is 7. The molecule has 2 rings (SSSR count). The fourth-order valence-electron chi connectivity index (χ4n) is 2.34. The summed E-state index contributed by atoms with van der Waals surface area (Å²) in [5.41, 5.74) is 0. The molecule has 15 heteroatoms. The zero-order chi connectivity index (χ0) is 22.3. The Morgan fingerprint density at radius 3 is 1.96 bits per heavy atom. The Morgan fingerprint density at radius 2 is 1.57 bits per heavy atom. The number of halogens is 5. The predicted molar refractivity (Wildman–Crippen MR) is 130 cm³/mol. The Bertz CT molecular complexity index is 362. The maximum absolute atomic E-state index is 9.32. The van der Waals surface area contributed by atoms with E-state index in [0.717, 1.165) is 0 Å². The fraction of sp³-hybridized carbons (Fsp3) is 1.00. The van der Waals surface area contributed by atoms with Crippen molar-refractivity contribution in [3.8, 4) is 0 Å². The van der Waals surface area contributed by atoms with Crippen LogP contribution in [0.5, 0.6) is 0 Å². The summed E-state index contributed by atoms with van der Waals surface area (Å²) in [4.78, 5) is 0. The molecule has 0 aromatic heterocycles. The quantitative estimate of drug-likeness (QED) is 0.143. The van der Waals surface area contributed by atoms with E-state index in [2.05, 4.69) is 74.5 Å². The molecule has 0 bridgehead atoms. The van der Waals surface area contributed by atoms with Gasteiger partial charge in [-0.2, -0.15) is 0 Å². The van der Waals surface area contributed by atoms with Crippen molar-refractivity contribution in [2.45, 2.75) is 62.0 Å². The maximum Gasteiger partial charge on any atom is 0.157 e. The number of hydrogen-bond acceptors (Lipinski definition) is 10. The summed E-state index contributed by atoms with van der Waals surface area (Å²) in [7, 11) is 1.46. The van der Waals surface area contributed by atoms with Crippen LogP contribution in [0.4, 0.5) is 0 Å². The number of rotatable bonds is 4. The van der Waals surface area contributed by atoms with Gasteiger partial charge in [0.1, 0.15) is 24.4 Å². The molecule has 28 heavy (non-hydrogen) atoms. The molecular weight excluding hydrogens is 951 g/mol. The molecular formula is C13H26I5O10-. The van der Waals surface area contributed by atoms with Crippen molar-refractivity contribution in [2.24, 2.45) is 0 Å². The molecule has 2 heterocycles. The van der Waals surface area contributed by atoms with E-state index in [1.165, 1.54) is 7.11 Å². The topological polar surface area (TPSA) is 169 Å². The Balaban J connectivity index is 0. The third-order valence-electron chi connectivity index (χ3n) is 3.68. The Hall–Kier alpha value is 3.25. The van der Waals surface area contributed by atoms with Crippen LogP contribution >= 0.6 is 74.5 Å². The molecule has 10 nitrogen and oxygen atoms in total. The Morgan fingerprint density at radius 1 is 1.04 bits per heavy atom. The second-order valence-electron chi connectivity index (χ2n) is 5.48. The molecule has 2 saturated heterocycles. The SMILES string of the molecule is COC1CC(O)[C@H](C(O)CO)O1.II.I[I-]I.OCC1OC(O)C[C@@H](O)[C@H]1O. The van der Waals surface area contributed by atoms with E-state index in [1.807, 2.05) is 0 Å². The zero-order valence-electron chi connectivity index (χ0n) is 14.7. The van der Waals surface area contributed by atoms with Crippen LogP contribution in [0.15, 0.2) is 0 Å². The zero-order valence-corrected chi connectivity index (χ0v) is 25.5. The van der Waals surface area contributed by atoms with Crippen LogP contribution in [0.3, 0.4) is 0 Å². The van der Waals surface area contributed by atoms with E-state index in [1.54, 1.807) is 0 Å². The van der Waals surface area contributed by atoms with E-state index in [-0.39, 0.29) is 6.42 Å². The normalized spacial score (nSPS) is 35.5. The van der Waals surface area contributed by atoms with Gasteiger partial charge in [-0.1, -0.05) is 0 Å². The first-order valence-corrected chi connectivity index (χ1v) is 26.6. The van der Waals surface area contributed by atoms with Gasteiger partial charge in [0.2, 0.25) is 0 Å². The summed E-state index contributed by atoms with van der Waals surface area (Å²) < 4.78 is 14.6. The Labute approximate surface area is 217 Å². The smallest absolute Gasteiger partial charge is 0.157 e. The molecule has 0 amide bonds. The molecule has 0 saturated carbocycles. The number of aliphatic hydroxyl groups is 7. The summed E-state index contributed by atoms with van der Waals surface area (Å²) in [6.07, 6.45) is -6.81. The van der Waals surface area contributed by atoms with Gasteiger partial charge in [0, 0.05) is 57.2 Å². The molecule has 2 fully saturated rings. The number of hydrogen-bond donors (Lipinski definition) is 7. The van der Waals surface area contributed by atoms with E-state index in [4.69, 9.17) is 44.8 Å². The Kier molecular flexibility index (Phi) is 24.9. The van der Waals surface area contributed by atoms with Crippen LogP contribution in [0, 0.1) is 0 Å². The van der Waals surface area contributed by atoms with Crippen LogP contribution in [0.25, 0.3) is 0 Å². The summed E-state index contributed by atoms with van der Waals surface area (Å²) in [6.45, 7) is -0.826. The average Bonchev–Trinajstić information content (AvgIpc) is 3.07. The van der Waals surface area contributed by atoms with Gasteiger partial charge in [0.05, 0.1) is 25.4 Å². The first kappa shape index (κ1) is 33.4. The molecule has 0 spiro atoms. The van der Waals surface area contributed by atoms with Gasteiger partial charge in [0.25, 0.3) is 0 Å². The van der Waals surface area contributed by atoms with Crippen LogP contribution in [-0.2, 0) is 14.2 Å². The van der Waals surface area contributed by atoms with Gasteiger partial charge in [0.15, 0.2) is 12.6 Å². The van der Waals surface area contributed by atoms with E-state index in [0.29, 0.717) is 19.7 Å². The van der Waals surface area contributed by atoms with Crippen LogP contribution in [0.1, 0.15) is 12.8 Å². The second kappa shape index (κ2) is 20.8. The molecule has 2 aliphatic rings. The van der Waals surface area contributed by atoms with E-state index < -0.39 is 62.4 Å². The van der Waals surface area contributed by atoms with Crippen molar-refractivity contribution < 1.29 is 63.2 Å². The first-order valence-electron chi connectivity index (χ1n) is 7.72. The average molecular weight is 977 g/mol. The minimum Gasteiger partial charge on any atom is -0.394 e. The molecule has 7 N–H and O–H groups in total. The van der Waals surface area contributed by atoms with Gasteiger partial charge in [-0.05, 0) is 0 Å². The minimum absolute atomic E-state index is 0.0162. The number of ether oxygens (including phenoxy) is 3. The fourth-order valence-corrected chi connectivity index (χ4v) is 2.34. The minimum atomic E-state index is -1.11. The summed E-state index contributed by atoms with van der Waals surface area (Å²) in [5.74, 6) is 0. The predicted octanol–water partition coefficient (Wildman–Crippen LogP) is -3.18. The molecule has 0 aromatic carbocycles. The molecule has 0 aromatic rings.